The summed E-state index contributed by atoms with van der Waals surface area (Å²) >= 11 is 0. The average molecular weight is 528 g/mol. The smallest absolute Gasteiger partial charge is 0.325 e. The highest BCUT2D eigenvalue weighted by Gasteiger charge is 2.30. The number of carboxylic acids is 1. The van der Waals surface area contributed by atoms with Crippen LogP contribution >= 0.6 is 0 Å². The molecule has 4 unspecified atom stereocenters. The lowest BCUT2D eigenvalue weighted by Crippen LogP contribution is -2.58. The van der Waals surface area contributed by atoms with Crippen LogP contribution in [0.4, 0.5) is 0 Å². The molecule has 4 atom stereocenters. The summed E-state index contributed by atoms with van der Waals surface area (Å²) in [6.07, 6.45) is -0.0975. The number of phenols is 1. The Bertz CT molecular complexity index is 1120. The highest BCUT2D eigenvalue weighted by Crippen LogP contribution is 2.12. The van der Waals surface area contributed by atoms with E-state index in [1.165, 1.54) is 19.1 Å². The summed E-state index contributed by atoms with van der Waals surface area (Å²) in [5, 5.41) is 26.3. The Hall–Kier alpha value is -4.45. The first-order valence-electron chi connectivity index (χ1n) is 12.0. The lowest BCUT2D eigenvalue weighted by molar-refractivity contribution is -0.141. The standard InChI is InChI=1S/C26H33N5O7/c1-15(26(37)38)29-24(35)20(13-16-5-3-2-4-6-16)31-25(36)21(14-17-7-9-18(32)10-8-17)30-23(34)19(27)11-12-22(28)33/h2-10,15,19-21,32H,11-14,27H2,1H3,(H2,28,33)(H,29,35)(H,30,34)(H,31,36)(H,37,38). The van der Waals surface area contributed by atoms with Crippen LogP contribution in [0, 0.1) is 0 Å². The Labute approximate surface area is 219 Å². The van der Waals surface area contributed by atoms with E-state index < -0.39 is 53.8 Å². The van der Waals surface area contributed by atoms with Gasteiger partial charge in [0.05, 0.1) is 6.04 Å². The SMILES string of the molecule is CC(NC(=O)C(Cc1ccccc1)NC(=O)C(Cc1ccc(O)cc1)NC(=O)C(N)CCC(N)=O)C(=O)O. The lowest BCUT2D eigenvalue weighted by atomic mass is 10.0. The summed E-state index contributed by atoms with van der Waals surface area (Å²) in [5.74, 6) is -3.99. The Morgan fingerprint density at radius 3 is 1.82 bits per heavy atom. The van der Waals surface area contributed by atoms with E-state index in [1.807, 2.05) is 0 Å². The van der Waals surface area contributed by atoms with Crippen molar-refractivity contribution in [2.75, 3.05) is 0 Å². The number of phenolic OH excluding ortho intramolecular Hbond substituents is 1. The van der Waals surface area contributed by atoms with Crippen LogP contribution in [-0.4, -0.2) is 64.0 Å². The van der Waals surface area contributed by atoms with Gasteiger partial charge in [-0.3, -0.25) is 24.0 Å². The van der Waals surface area contributed by atoms with Crippen molar-refractivity contribution in [3.05, 3.63) is 65.7 Å². The van der Waals surface area contributed by atoms with Gasteiger partial charge in [-0.15, -0.1) is 0 Å². The summed E-state index contributed by atoms with van der Waals surface area (Å²) in [6.45, 7) is 1.29. The van der Waals surface area contributed by atoms with Crippen molar-refractivity contribution in [2.45, 2.75) is 56.8 Å². The van der Waals surface area contributed by atoms with Crippen molar-refractivity contribution < 1.29 is 34.2 Å². The highest BCUT2D eigenvalue weighted by molar-refractivity contribution is 5.94. The number of nitrogens with two attached hydrogens (primary N) is 2. The van der Waals surface area contributed by atoms with Gasteiger partial charge in [0.25, 0.3) is 0 Å². The molecule has 204 valence electrons. The predicted molar refractivity (Wildman–Crippen MR) is 137 cm³/mol. The van der Waals surface area contributed by atoms with E-state index in [-0.39, 0.29) is 31.4 Å². The molecule has 9 N–H and O–H groups in total. The number of hydrogen-bond donors (Lipinski definition) is 7. The third-order valence-corrected chi connectivity index (χ3v) is 5.69. The first-order valence-corrected chi connectivity index (χ1v) is 12.0. The number of carboxylic acid groups (broad SMARTS) is 1. The van der Waals surface area contributed by atoms with E-state index >= 15 is 0 Å². The van der Waals surface area contributed by atoms with Gasteiger partial charge in [-0.2, -0.15) is 0 Å². The minimum Gasteiger partial charge on any atom is -0.508 e. The van der Waals surface area contributed by atoms with E-state index in [2.05, 4.69) is 16.0 Å². The number of aromatic hydroxyl groups is 1. The Morgan fingerprint density at radius 1 is 0.789 bits per heavy atom. The summed E-state index contributed by atoms with van der Waals surface area (Å²) in [4.78, 5) is 61.3. The highest BCUT2D eigenvalue weighted by atomic mass is 16.4. The Morgan fingerprint density at radius 2 is 1.29 bits per heavy atom. The van der Waals surface area contributed by atoms with Gasteiger partial charge in [0.2, 0.25) is 23.6 Å². The summed E-state index contributed by atoms with van der Waals surface area (Å²) < 4.78 is 0. The van der Waals surface area contributed by atoms with E-state index in [1.54, 1.807) is 42.5 Å². The Balaban J connectivity index is 2.27. The second-order valence-electron chi connectivity index (χ2n) is 8.86. The van der Waals surface area contributed by atoms with Gasteiger partial charge in [-0.25, -0.2) is 0 Å². The molecule has 38 heavy (non-hydrogen) atoms. The van der Waals surface area contributed by atoms with Crippen molar-refractivity contribution in [3.8, 4) is 5.75 Å². The van der Waals surface area contributed by atoms with E-state index in [9.17, 15) is 34.2 Å². The van der Waals surface area contributed by atoms with Crippen LogP contribution in [-0.2, 0) is 36.8 Å². The molecule has 0 saturated heterocycles. The van der Waals surface area contributed by atoms with Crippen LogP contribution in [0.15, 0.2) is 54.6 Å². The number of carbonyl (C=O) groups is 5. The van der Waals surface area contributed by atoms with Crippen LogP contribution in [0.1, 0.15) is 30.9 Å². The average Bonchev–Trinajstić information content (AvgIpc) is 2.87. The van der Waals surface area contributed by atoms with E-state index in [0.29, 0.717) is 11.1 Å². The molecule has 0 bridgehead atoms. The molecule has 12 nitrogen and oxygen atoms in total. The van der Waals surface area contributed by atoms with Gasteiger partial charge in [0.15, 0.2) is 0 Å². The number of benzene rings is 2. The zero-order valence-corrected chi connectivity index (χ0v) is 20.9. The maximum atomic E-state index is 13.4. The lowest BCUT2D eigenvalue weighted by Gasteiger charge is -2.25. The summed E-state index contributed by atoms with van der Waals surface area (Å²) in [6, 6.07) is 10.1. The Kier molecular flexibility index (Phi) is 11.2. The van der Waals surface area contributed by atoms with Crippen LogP contribution < -0.4 is 27.4 Å². The van der Waals surface area contributed by atoms with E-state index in [0.717, 1.165) is 0 Å². The van der Waals surface area contributed by atoms with Crippen molar-refractivity contribution in [1.82, 2.24) is 16.0 Å². The number of hydrogen-bond acceptors (Lipinski definition) is 7. The van der Waals surface area contributed by atoms with Gasteiger partial charge in [-0.1, -0.05) is 42.5 Å². The topological polar surface area (TPSA) is 214 Å². The molecule has 4 amide bonds. The van der Waals surface area contributed by atoms with Crippen LogP contribution in [0.3, 0.4) is 0 Å². The molecule has 0 saturated carbocycles. The molecule has 0 aromatic heterocycles. The molecule has 0 aliphatic carbocycles. The first-order chi connectivity index (χ1) is 18.0. The molecule has 0 aliphatic rings. The van der Waals surface area contributed by atoms with Gasteiger partial charge >= 0.3 is 5.97 Å². The molecule has 0 radical (unpaired) electrons. The summed E-state index contributed by atoms with van der Waals surface area (Å²) in [7, 11) is 0. The number of amides is 4. The summed E-state index contributed by atoms with van der Waals surface area (Å²) in [5.41, 5.74) is 12.3. The monoisotopic (exact) mass is 527 g/mol. The molecule has 2 aromatic carbocycles. The fourth-order valence-electron chi connectivity index (χ4n) is 3.49. The molecule has 0 aliphatic heterocycles. The number of nitrogens with one attached hydrogen (secondary N) is 3. The molecule has 2 aromatic rings. The first kappa shape index (κ1) is 29.8. The second kappa shape index (κ2) is 14.3. The van der Waals surface area contributed by atoms with Crippen molar-refractivity contribution in [3.63, 3.8) is 0 Å². The van der Waals surface area contributed by atoms with Gasteiger partial charge in [-0.05, 0) is 36.6 Å². The number of primary amides is 1. The van der Waals surface area contributed by atoms with Gasteiger partial charge in [0, 0.05) is 19.3 Å². The van der Waals surface area contributed by atoms with Crippen molar-refractivity contribution >= 4 is 29.6 Å². The largest absolute Gasteiger partial charge is 0.508 e. The molecular formula is C26H33N5O7. The van der Waals surface area contributed by atoms with Gasteiger partial charge in [0.1, 0.15) is 23.9 Å². The second-order valence-corrected chi connectivity index (χ2v) is 8.86. The zero-order chi connectivity index (χ0) is 28.2. The van der Waals surface area contributed by atoms with Crippen LogP contribution in [0.2, 0.25) is 0 Å². The molecule has 0 spiro atoms. The number of rotatable bonds is 14. The molecular weight excluding hydrogens is 494 g/mol. The fourth-order valence-corrected chi connectivity index (χ4v) is 3.49. The fraction of sp³-hybridized carbons (Fsp3) is 0.346. The molecule has 2 rings (SSSR count). The minimum atomic E-state index is -1.24. The minimum absolute atomic E-state index is 0.00834. The molecule has 0 fully saturated rings. The quantitative estimate of drug-likeness (QED) is 0.167. The van der Waals surface area contributed by atoms with Gasteiger partial charge < -0.3 is 37.6 Å². The zero-order valence-electron chi connectivity index (χ0n) is 20.9. The van der Waals surface area contributed by atoms with Crippen molar-refractivity contribution in [2.24, 2.45) is 11.5 Å². The van der Waals surface area contributed by atoms with E-state index in [4.69, 9.17) is 11.5 Å². The molecule has 0 heterocycles. The third kappa shape index (κ3) is 9.90. The maximum absolute atomic E-state index is 13.4. The molecule has 12 heteroatoms. The predicted octanol–water partition coefficient (Wildman–Crippen LogP) is -0.671. The number of aliphatic carboxylic acids is 1. The third-order valence-electron chi connectivity index (χ3n) is 5.69. The normalized spacial score (nSPS) is 13.8. The van der Waals surface area contributed by atoms with Crippen LogP contribution in [0.25, 0.3) is 0 Å². The number of carbonyl (C=O) groups excluding carboxylic acids is 4. The maximum Gasteiger partial charge on any atom is 0.325 e. The van der Waals surface area contributed by atoms with Crippen LogP contribution in [0.5, 0.6) is 5.75 Å². The van der Waals surface area contributed by atoms with Crippen molar-refractivity contribution in [1.29, 1.82) is 0 Å².